The lowest BCUT2D eigenvalue weighted by Crippen LogP contribution is -2.45. The third kappa shape index (κ3) is 1.88. The zero-order valence-corrected chi connectivity index (χ0v) is 11.8. The summed E-state index contributed by atoms with van der Waals surface area (Å²) >= 11 is 2.94. The van der Waals surface area contributed by atoms with Gasteiger partial charge in [-0.15, -0.1) is 0 Å². The first-order valence-corrected chi connectivity index (χ1v) is 7.25. The van der Waals surface area contributed by atoms with Crippen molar-refractivity contribution in [3.8, 4) is 11.1 Å². The van der Waals surface area contributed by atoms with Crippen molar-refractivity contribution in [3.63, 3.8) is 0 Å². The molecule has 0 atom stereocenters. The lowest BCUT2D eigenvalue weighted by molar-refractivity contribution is -0.322. The number of aliphatic hydroxyl groups is 1. The third-order valence-corrected chi connectivity index (χ3v) is 3.22. The largest absolute Gasteiger partial charge is 0.546 e. The summed E-state index contributed by atoms with van der Waals surface area (Å²) in [6.07, 6.45) is 0. The molecule has 0 aliphatic heterocycles. The van der Waals surface area contributed by atoms with Crippen molar-refractivity contribution < 1.29 is 15.0 Å². The molecule has 0 heterocycles. The molecular formula is C15H12BrO3-. The van der Waals surface area contributed by atoms with Crippen molar-refractivity contribution in [2.75, 3.05) is 5.83 Å². The first-order valence-electron chi connectivity index (χ1n) is 5.66. The molecule has 0 amide bonds. The van der Waals surface area contributed by atoms with Crippen LogP contribution in [-0.2, 0) is 10.4 Å². The van der Waals surface area contributed by atoms with Crippen molar-refractivity contribution in [1.82, 2.24) is 0 Å². The van der Waals surface area contributed by atoms with Crippen LogP contribution in [0.3, 0.4) is 0 Å². The van der Waals surface area contributed by atoms with E-state index in [1.807, 2.05) is 18.0 Å². The van der Waals surface area contributed by atoms with Crippen LogP contribution < -0.4 is 5.11 Å². The van der Waals surface area contributed by atoms with Gasteiger partial charge >= 0.3 is 0 Å². The molecule has 0 bridgehead atoms. The van der Waals surface area contributed by atoms with E-state index in [0.717, 1.165) is 11.1 Å². The summed E-state index contributed by atoms with van der Waals surface area (Å²) in [5, 5.41) is 21.7. The Morgan fingerprint density at radius 3 is 1.74 bits per heavy atom. The van der Waals surface area contributed by atoms with Crippen LogP contribution in [0.4, 0.5) is 0 Å². The van der Waals surface area contributed by atoms with Crippen molar-refractivity contribution in [2.45, 2.75) is 5.60 Å². The first kappa shape index (κ1) is 13.8. The highest BCUT2D eigenvalue weighted by Gasteiger charge is 2.42. The molecule has 3 nitrogen and oxygen atoms in total. The van der Waals surface area contributed by atoms with E-state index in [0.29, 0.717) is 11.1 Å². The van der Waals surface area contributed by atoms with Gasteiger partial charge in [-0.3, -0.25) is 0 Å². The second-order valence-electron chi connectivity index (χ2n) is 4.09. The fourth-order valence-electron chi connectivity index (χ4n) is 2.43. The maximum atomic E-state index is 11.3. The van der Waals surface area contributed by atoms with Gasteiger partial charge in [0.05, 0.1) is 5.97 Å². The Morgan fingerprint density at radius 2 is 1.37 bits per heavy atom. The van der Waals surface area contributed by atoms with Gasteiger partial charge in [0, 0.05) is 11.1 Å². The van der Waals surface area contributed by atoms with Gasteiger partial charge < -0.3 is 15.0 Å². The minimum Gasteiger partial charge on any atom is -0.546 e. The van der Waals surface area contributed by atoms with Gasteiger partial charge in [0.25, 0.3) is 0 Å². The quantitative estimate of drug-likeness (QED) is 0.813. The number of benzene rings is 2. The second kappa shape index (κ2) is 5.15. The maximum Gasteiger partial charge on any atom is 0.155 e. The van der Waals surface area contributed by atoms with Crippen LogP contribution in [0, 0.1) is 0 Å². The predicted molar refractivity (Wildman–Crippen MR) is 74.7 cm³/mol. The molecular weight excluding hydrogens is 308 g/mol. The highest BCUT2D eigenvalue weighted by Crippen LogP contribution is 2.46. The molecule has 2 aromatic rings. The maximum absolute atomic E-state index is 11.3. The minimum absolute atomic E-state index is 0.376. The third-order valence-electron chi connectivity index (χ3n) is 3.22. The Balaban J connectivity index is 0.000000637. The van der Waals surface area contributed by atoms with Gasteiger partial charge in [0.1, 0.15) is 0 Å². The second-order valence-corrected chi connectivity index (χ2v) is 4.09. The van der Waals surface area contributed by atoms with Gasteiger partial charge in [-0.1, -0.05) is 64.5 Å². The average molecular weight is 320 g/mol. The van der Waals surface area contributed by atoms with Crippen molar-refractivity contribution >= 4 is 21.9 Å². The molecule has 3 rings (SSSR count). The van der Waals surface area contributed by atoms with Crippen LogP contribution in [0.15, 0.2) is 48.5 Å². The number of aliphatic carboxylic acids is 1. The number of carboxylic acids is 1. The SMILES string of the molecule is CBr.O=C([O-])C1(O)c2ccccc2-c2ccccc21. The Morgan fingerprint density at radius 1 is 1.00 bits per heavy atom. The summed E-state index contributed by atoms with van der Waals surface area (Å²) in [6, 6.07) is 13.9. The molecule has 0 fully saturated rings. The molecule has 0 spiro atoms. The lowest BCUT2D eigenvalue weighted by Gasteiger charge is -2.26. The predicted octanol–water partition coefficient (Wildman–Crippen LogP) is 1.66. The molecule has 0 unspecified atom stereocenters. The molecule has 0 saturated heterocycles. The molecule has 98 valence electrons. The lowest BCUT2D eigenvalue weighted by atomic mass is 9.92. The van der Waals surface area contributed by atoms with Gasteiger partial charge in [0.2, 0.25) is 0 Å². The summed E-state index contributed by atoms with van der Waals surface area (Å²) in [7, 11) is 0. The minimum atomic E-state index is -2.03. The summed E-state index contributed by atoms with van der Waals surface area (Å²) in [5.74, 6) is 0.322. The highest BCUT2D eigenvalue weighted by molar-refractivity contribution is 9.08. The van der Waals surface area contributed by atoms with Crippen molar-refractivity contribution in [3.05, 3.63) is 59.7 Å². The Kier molecular flexibility index (Phi) is 3.73. The number of hydrogen-bond acceptors (Lipinski definition) is 3. The molecule has 0 aromatic heterocycles. The monoisotopic (exact) mass is 319 g/mol. The molecule has 1 aliphatic rings. The molecule has 0 saturated carbocycles. The van der Waals surface area contributed by atoms with E-state index in [4.69, 9.17) is 0 Å². The number of carboxylic acid groups (broad SMARTS) is 1. The fourth-order valence-corrected chi connectivity index (χ4v) is 2.43. The highest BCUT2D eigenvalue weighted by atomic mass is 79.9. The number of rotatable bonds is 1. The average Bonchev–Trinajstić information content (AvgIpc) is 2.74. The summed E-state index contributed by atoms with van der Waals surface area (Å²) in [6.45, 7) is 0. The zero-order valence-electron chi connectivity index (χ0n) is 10.3. The van der Waals surface area contributed by atoms with Gasteiger partial charge in [-0.2, -0.15) is 0 Å². The number of fused-ring (bicyclic) bond motifs is 3. The summed E-state index contributed by atoms with van der Waals surface area (Å²) in [4.78, 5) is 11.3. The molecule has 19 heavy (non-hydrogen) atoms. The fraction of sp³-hybridized carbons (Fsp3) is 0.133. The topological polar surface area (TPSA) is 60.4 Å². The van der Waals surface area contributed by atoms with E-state index in [1.165, 1.54) is 0 Å². The zero-order chi connectivity index (χ0) is 14.0. The Labute approximate surface area is 119 Å². The smallest absolute Gasteiger partial charge is 0.155 e. The Hall–Kier alpha value is -1.65. The summed E-state index contributed by atoms with van der Waals surface area (Å²) < 4.78 is 0. The number of alkyl halides is 1. The first-order chi connectivity index (χ1) is 9.15. The molecule has 1 N–H and O–H groups in total. The molecule has 0 radical (unpaired) electrons. The molecule has 2 aromatic carbocycles. The molecule has 1 aliphatic carbocycles. The van der Waals surface area contributed by atoms with E-state index in [1.54, 1.807) is 36.4 Å². The van der Waals surface area contributed by atoms with Crippen LogP contribution >= 0.6 is 15.9 Å². The number of hydrogen-bond donors (Lipinski definition) is 1. The van der Waals surface area contributed by atoms with Gasteiger partial charge in [0.15, 0.2) is 5.60 Å². The van der Waals surface area contributed by atoms with E-state index in [2.05, 4.69) is 15.9 Å². The van der Waals surface area contributed by atoms with Crippen LogP contribution in [0.5, 0.6) is 0 Å². The van der Waals surface area contributed by atoms with Gasteiger partial charge in [-0.25, -0.2) is 0 Å². The van der Waals surface area contributed by atoms with Crippen molar-refractivity contribution in [2.24, 2.45) is 0 Å². The van der Waals surface area contributed by atoms with Crippen LogP contribution in [-0.4, -0.2) is 16.9 Å². The van der Waals surface area contributed by atoms with E-state index in [-0.39, 0.29) is 0 Å². The number of carbonyl (C=O) groups is 1. The van der Waals surface area contributed by atoms with Crippen molar-refractivity contribution in [1.29, 1.82) is 0 Å². The molecule has 4 heteroatoms. The van der Waals surface area contributed by atoms with Crippen LogP contribution in [0.25, 0.3) is 11.1 Å². The van der Waals surface area contributed by atoms with E-state index in [9.17, 15) is 15.0 Å². The normalized spacial score (nSPS) is 13.8. The van der Waals surface area contributed by atoms with Gasteiger partial charge in [-0.05, 0) is 17.0 Å². The van der Waals surface area contributed by atoms with E-state index < -0.39 is 11.6 Å². The van der Waals surface area contributed by atoms with Crippen LogP contribution in [0.1, 0.15) is 11.1 Å². The number of halogens is 1. The van der Waals surface area contributed by atoms with E-state index >= 15 is 0 Å². The van der Waals surface area contributed by atoms with Crippen LogP contribution in [0.2, 0.25) is 0 Å². The summed E-state index contributed by atoms with van der Waals surface area (Å²) in [5.41, 5.74) is 0.208. The standard InChI is InChI=1S/C14H10O3.CH3Br/c15-13(16)14(17)11-7-3-1-5-9(11)10-6-2-4-8-12(10)14;1-2/h1-8,17H,(H,15,16);1H3/p-1. The Bertz CT molecular complexity index is 577. The number of carbonyl (C=O) groups excluding carboxylic acids is 1.